The Kier molecular flexibility index (Phi) is 2.89. The van der Waals surface area contributed by atoms with Gasteiger partial charge < -0.3 is 15.3 Å². The van der Waals surface area contributed by atoms with E-state index in [0.717, 1.165) is 12.1 Å². The molecule has 1 amide bonds. The first-order chi connectivity index (χ1) is 9.13. The minimum Gasteiger partial charge on any atom is -0.481 e. The topological polar surface area (TPSA) is 69.6 Å². The van der Waals surface area contributed by atoms with Crippen molar-refractivity contribution in [3.8, 4) is 0 Å². The molecule has 0 bridgehead atoms. The number of rotatable bonds is 3. The molecule has 100 valence electrons. The number of carboxylic acid groups (broad SMARTS) is 1. The molecule has 5 nitrogen and oxygen atoms in total. The fourth-order valence-corrected chi connectivity index (χ4v) is 2.79. The van der Waals surface area contributed by atoms with Gasteiger partial charge in [0.05, 0.1) is 6.42 Å². The molecule has 0 unspecified atom stereocenters. The molecule has 19 heavy (non-hydrogen) atoms. The number of anilines is 1. The summed E-state index contributed by atoms with van der Waals surface area (Å²) in [5.41, 5.74) is 2.20. The van der Waals surface area contributed by atoms with Crippen molar-refractivity contribution in [1.82, 2.24) is 4.90 Å². The maximum Gasteiger partial charge on any atom is 0.303 e. The number of likely N-dealkylation sites (tertiary alicyclic amines) is 1. The molecule has 0 aromatic heterocycles. The lowest BCUT2D eigenvalue weighted by atomic mass is 9.95. The second-order valence-electron chi connectivity index (χ2n) is 5.27. The monoisotopic (exact) mass is 260 g/mol. The molecule has 5 heteroatoms. The molecule has 0 aliphatic carbocycles. The van der Waals surface area contributed by atoms with Gasteiger partial charge in [-0.15, -0.1) is 0 Å². The van der Waals surface area contributed by atoms with Gasteiger partial charge in [0.15, 0.2) is 0 Å². The first-order valence-electron chi connectivity index (χ1n) is 6.48. The summed E-state index contributed by atoms with van der Waals surface area (Å²) >= 11 is 0. The molecule has 0 radical (unpaired) electrons. The SMILES string of the molecule is O=C(O)CC1CN(C(=O)[C@@H]2Cc3ccccc3N2)C1. The zero-order valence-corrected chi connectivity index (χ0v) is 10.5. The molecule has 2 heterocycles. The summed E-state index contributed by atoms with van der Waals surface area (Å²) in [5, 5.41) is 11.9. The Bertz CT molecular complexity index is 498. The number of carboxylic acids is 1. The summed E-state index contributed by atoms with van der Waals surface area (Å²) in [6, 6.07) is 7.74. The van der Waals surface area contributed by atoms with E-state index in [1.54, 1.807) is 4.90 Å². The van der Waals surface area contributed by atoms with Crippen LogP contribution < -0.4 is 5.32 Å². The van der Waals surface area contributed by atoms with Gasteiger partial charge >= 0.3 is 5.97 Å². The molecule has 1 saturated heterocycles. The Labute approximate surface area is 111 Å². The Hall–Kier alpha value is -2.04. The van der Waals surface area contributed by atoms with Crippen molar-refractivity contribution < 1.29 is 14.7 Å². The summed E-state index contributed by atoms with van der Waals surface area (Å²) in [4.78, 5) is 24.6. The quantitative estimate of drug-likeness (QED) is 0.849. The van der Waals surface area contributed by atoms with E-state index in [-0.39, 0.29) is 24.3 Å². The number of aliphatic carboxylic acids is 1. The molecule has 2 N–H and O–H groups in total. The van der Waals surface area contributed by atoms with E-state index >= 15 is 0 Å². The smallest absolute Gasteiger partial charge is 0.303 e. The Morgan fingerprint density at radius 2 is 2.05 bits per heavy atom. The molecular weight excluding hydrogens is 244 g/mol. The first-order valence-corrected chi connectivity index (χ1v) is 6.48. The van der Waals surface area contributed by atoms with Crippen LogP contribution in [0.5, 0.6) is 0 Å². The van der Waals surface area contributed by atoms with Crippen molar-refractivity contribution in [1.29, 1.82) is 0 Å². The lowest BCUT2D eigenvalue weighted by Crippen LogP contribution is -2.54. The highest BCUT2D eigenvalue weighted by atomic mass is 16.4. The first kappa shape index (κ1) is 12.0. The highest BCUT2D eigenvalue weighted by molar-refractivity contribution is 5.88. The van der Waals surface area contributed by atoms with Crippen LogP contribution in [0.4, 0.5) is 5.69 Å². The fraction of sp³-hybridized carbons (Fsp3) is 0.429. The standard InChI is InChI=1S/C14H16N2O3/c17-13(18)5-9-7-16(8-9)14(19)12-6-10-3-1-2-4-11(10)15-12/h1-4,9,12,15H,5-8H2,(H,17,18)/t12-/m0/s1. The number of fused-ring (bicyclic) bond motifs is 1. The number of para-hydroxylation sites is 1. The Balaban J connectivity index is 1.55. The normalized spacial score (nSPS) is 21.5. The van der Waals surface area contributed by atoms with Crippen molar-refractivity contribution in [3.63, 3.8) is 0 Å². The minimum atomic E-state index is -0.788. The van der Waals surface area contributed by atoms with Gasteiger partial charge in [0.1, 0.15) is 6.04 Å². The molecule has 3 rings (SSSR count). The van der Waals surface area contributed by atoms with Crippen molar-refractivity contribution in [2.45, 2.75) is 18.9 Å². The fourth-order valence-electron chi connectivity index (χ4n) is 2.79. The number of hydrogen-bond acceptors (Lipinski definition) is 3. The number of hydrogen-bond donors (Lipinski definition) is 2. The highest BCUT2D eigenvalue weighted by Gasteiger charge is 2.37. The predicted octanol–water partition coefficient (Wildman–Crippen LogP) is 0.956. The summed E-state index contributed by atoms with van der Waals surface area (Å²) in [6.07, 6.45) is 0.872. The van der Waals surface area contributed by atoms with Gasteiger partial charge in [-0.05, 0) is 11.6 Å². The zero-order valence-electron chi connectivity index (χ0n) is 10.5. The van der Waals surface area contributed by atoms with E-state index < -0.39 is 5.97 Å². The molecule has 0 spiro atoms. The molecule has 1 aromatic carbocycles. The van der Waals surface area contributed by atoms with Gasteiger partial charge in [-0.1, -0.05) is 18.2 Å². The third-order valence-electron chi connectivity index (χ3n) is 3.80. The molecule has 1 aromatic rings. The Morgan fingerprint density at radius 1 is 1.32 bits per heavy atom. The van der Waals surface area contributed by atoms with E-state index in [9.17, 15) is 9.59 Å². The van der Waals surface area contributed by atoms with Gasteiger partial charge in [0, 0.05) is 31.1 Å². The van der Waals surface area contributed by atoms with E-state index in [2.05, 4.69) is 5.32 Å². The molecule has 1 fully saturated rings. The van der Waals surface area contributed by atoms with Crippen LogP contribution in [0.3, 0.4) is 0 Å². The van der Waals surface area contributed by atoms with Crippen molar-refractivity contribution in [3.05, 3.63) is 29.8 Å². The summed E-state index contributed by atoms with van der Waals surface area (Å²) in [6.45, 7) is 1.14. The molecular formula is C14H16N2O3. The number of carbonyl (C=O) groups is 2. The summed E-state index contributed by atoms with van der Waals surface area (Å²) in [7, 11) is 0. The number of nitrogens with zero attached hydrogens (tertiary/aromatic N) is 1. The number of benzene rings is 1. The van der Waals surface area contributed by atoms with Gasteiger partial charge in [0.2, 0.25) is 5.91 Å². The van der Waals surface area contributed by atoms with E-state index in [4.69, 9.17) is 5.11 Å². The average Bonchev–Trinajstić information content (AvgIpc) is 2.75. The van der Waals surface area contributed by atoms with Crippen LogP contribution in [-0.2, 0) is 16.0 Å². The van der Waals surface area contributed by atoms with Gasteiger partial charge in [-0.25, -0.2) is 0 Å². The number of carbonyl (C=O) groups excluding carboxylic acids is 1. The van der Waals surface area contributed by atoms with Crippen LogP contribution in [0.1, 0.15) is 12.0 Å². The lowest BCUT2D eigenvalue weighted by Gasteiger charge is -2.40. The van der Waals surface area contributed by atoms with Crippen LogP contribution in [0.15, 0.2) is 24.3 Å². The third kappa shape index (κ3) is 2.28. The highest BCUT2D eigenvalue weighted by Crippen LogP contribution is 2.28. The van der Waals surface area contributed by atoms with E-state index in [0.29, 0.717) is 13.1 Å². The van der Waals surface area contributed by atoms with Gasteiger partial charge in [0.25, 0.3) is 0 Å². The average molecular weight is 260 g/mol. The molecule has 1 atom stereocenters. The second-order valence-corrected chi connectivity index (χ2v) is 5.27. The van der Waals surface area contributed by atoms with Crippen LogP contribution in [-0.4, -0.2) is 41.0 Å². The maximum absolute atomic E-state index is 12.2. The zero-order chi connectivity index (χ0) is 13.4. The second kappa shape index (κ2) is 4.57. The molecule has 2 aliphatic heterocycles. The van der Waals surface area contributed by atoms with Crippen LogP contribution in [0.25, 0.3) is 0 Å². The van der Waals surface area contributed by atoms with Crippen LogP contribution >= 0.6 is 0 Å². The van der Waals surface area contributed by atoms with Crippen LogP contribution in [0, 0.1) is 5.92 Å². The summed E-state index contributed by atoms with van der Waals surface area (Å²) < 4.78 is 0. The minimum absolute atomic E-state index is 0.0813. The third-order valence-corrected chi connectivity index (χ3v) is 3.80. The van der Waals surface area contributed by atoms with Gasteiger partial charge in [-0.3, -0.25) is 9.59 Å². The maximum atomic E-state index is 12.2. The van der Waals surface area contributed by atoms with Crippen molar-refractivity contribution >= 4 is 17.6 Å². The Morgan fingerprint density at radius 3 is 2.74 bits per heavy atom. The molecule has 2 aliphatic rings. The van der Waals surface area contributed by atoms with E-state index in [1.807, 2.05) is 24.3 Å². The van der Waals surface area contributed by atoms with Gasteiger partial charge in [-0.2, -0.15) is 0 Å². The summed E-state index contributed by atoms with van der Waals surface area (Å²) in [5.74, 6) is -0.591. The van der Waals surface area contributed by atoms with Crippen molar-refractivity contribution in [2.75, 3.05) is 18.4 Å². The lowest BCUT2D eigenvalue weighted by molar-refractivity contribution is -0.145. The van der Waals surface area contributed by atoms with Crippen LogP contribution in [0.2, 0.25) is 0 Å². The largest absolute Gasteiger partial charge is 0.481 e. The predicted molar refractivity (Wildman–Crippen MR) is 69.9 cm³/mol. The molecule has 0 saturated carbocycles. The van der Waals surface area contributed by atoms with E-state index in [1.165, 1.54) is 5.56 Å². The number of nitrogens with one attached hydrogen (secondary N) is 1. The number of amides is 1. The van der Waals surface area contributed by atoms with Crippen molar-refractivity contribution in [2.24, 2.45) is 5.92 Å².